The third-order valence-electron chi connectivity index (χ3n) is 5.17. The van der Waals surface area contributed by atoms with Crippen molar-refractivity contribution in [3.63, 3.8) is 0 Å². The van der Waals surface area contributed by atoms with Gasteiger partial charge in [0.15, 0.2) is 0 Å². The molecule has 1 aliphatic carbocycles. The number of carbonyl (C=O) groups is 2. The number of aliphatic hydroxyl groups is 3. The Morgan fingerprint density at radius 1 is 1.29 bits per heavy atom. The van der Waals surface area contributed by atoms with Crippen molar-refractivity contribution >= 4 is 11.7 Å². The summed E-state index contributed by atoms with van der Waals surface area (Å²) in [6, 6.07) is 0. The fourth-order valence-corrected chi connectivity index (χ4v) is 3.51. The largest absolute Gasteiger partial charge is 0.395 e. The van der Waals surface area contributed by atoms with Gasteiger partial charge in [-0.25, -0.2) is 0 Å². The monoisotopic (exact) mass is 395 g/mol. The van der Waals surface area contributed by atoms with Crippen molar-refractivity contribution in [1.82, 2.24) is 5.32 Å². The Morgan fingerprint density at radius 2 is 2.07 bits per heavy atom. The maximum Gasteiger partial charge on any atom is 0.220 e. The molecule has 1 rings (SSSR count). The topological polar surface area (TPSA) is 107 Å². The van der Waals surface area contributed by atoms with Crippen molar-refractivity contribution in [2.24, 2.45) is 11.8 Å². The first-order chi connectivity index (χ1) is 13.5. The Morgan fingerprint density at radius 3 is 2.79 bits per heavy atom. The standard InChI is InChI=1S/C22H37NO5/c1-2-3-6-9-17(25)12-13-19-18(20(26)16-21(19)27)10-7-4-5-8-11-22(28)23-14-15-24/h4,7,12-13,17-20,24-26H,2-3,5-6,8-11,14-16H2,1H3,(H,23,28)/b7-4-,13-12+/t17?,18-,19-,20?/m1/s1. The summed E-state index contributed by atoms with van der Waals surface area (Å²) < 4.78 is 0. The summed E-state index contributed by atoms with van der Waals surface area (Å²) in [5.41, 5.74) is 0. The van der Waals surface area contributed by atoms with Crippen LogP contribution in [0.4, 0.5) is 0 Å². The van der Waals surface area contributed by atoms with Crippen LogP contribution in [0.2, 0.25) is 0 Å². The number of aliphatic hydroxyl groups excluding tert-OH is 3. The van der Waals surface area contributed by atoms with Crippen molar-refractivity contribution in [3.8, 4) is 0 Å². The zero-order chi connectivity index (χ0) is 20.8. The molecule has 4 N–H and O–H groups in total. The molecule has 0 bridgehead atoms. The number of nitrogens with one attached hydrogen (secondary N) is 1. The summed E-state index contributed by atoms with van der Waals surface area (Å²) in [6.07, 6.45) is 12.8. The first kappa shape index (κ1) is 24.5. The minimum Gasteiger partial charge on any atom is -0.395 e. The highest BCUT2D eigenvalue weighted by Gasteiger charge is 2.39. The van der Waals surface area contributed by atoms with Crippen molar-refractivity contribution in [2.75, 3.05) is 13.2 Å². The fraction of sp³-hybridized carbons (Fsp3) is 0.727. The van der Waals surface area contributed by atoms with Crippen LogP contribution in [0.3, 0.4) is 0 Å². The van der Waals surface area contributed by atoms with E-state index in [1.54, 1.807) is 12.2 Å². The first-order valence-electron chi connectivity index (χ1n) is 10.6. The van der Waals surface area contributed by atoms with Gasteiger partial charge in [-0.3, -0.25) is 9.59 Å². The van der Waals surface area contributed by atoms with E-state index in [1.165, 1.54) is 0 Å². The van der Waals surface area contributed by atoms with Crippen LogP contribution in [0, 0.1) is 11.8 Å². The van der Waals surface area contributed by atoms with Crippen LogP contribution in [0.5, 0.6) is 0 Å². The summed E-state index contributed by atoms with van der Waals surface area (Å²) in [5.74, 6) is -0.536. The normalized spacial score (nSPS) is 23.7. The molecule has 0 aromatic heterocycles. The molecular formula is C22H37NO5. The Hall–Kier alpha value is -1.50. The van der Waals surface area contributed by atoms with Crippen molar-refractivity contribution in [1.29, 1.82) is 0 Å². The summed E-state index contributed by atoms with van der Waals surface area (Å²) in [5, 5.41) is 31.5. The van der Waals surface area contributed by atoms with Crippen molar-refractivity contribution in [2.45, 2.75) is 76.9 Å². The maximum absolute atomic E-state index is 12.2. The zero-order valence-electron chi connectivity index (χ0n) is 17.1. The van der Waals surface area contributed by atoms with E-state index in [2.05, 4.69) is 12.2 Å². The molecule has 6 nitrogen and oxygen atoms in total. The summed E-state index contributed by atoms with van der Waals surface area (Å²) in [4.78, 5) is 23.6. The van der Waals surface area contributed by atoms with Gasteiger partial charge in [0, 0.05) is 31.2 Å². The van der Waals surface area contributed by atoms with E-state index in [1.807, 2.05) is 12.2 Å². The summed E-state index contributed by atoms with van der Waals surface area (Å²) >= 11 is 0. The number of Topliss-reactive ketones (excluding diaryl/α,β-unsaturated/α-hetero) is 1. The fourth-order valence-electron chi connectivity index (χ4n) is 3.51. The average molecular weight is 396 g/mol. The Bertz CT molecular complexity index is 517. The predicted molar refractivity (Wildman–Crippen MR) is 110 cm³/mol. The minimum absolute atomic E-state index is 0.0310. The lowest BCUT2D eigenvalue weighted by Crippen LogP contribution is -2.25. The molecule has 1 saturated carbocycles. The third kappa shape index (κ3) is 9.62. The number of ketones is 1. The van der Waals surface area contributed by atoms with Gasteiger partial charge in [-0.15, -0.1) is 0 Å². The van der Waals surface area contributed by atoms with Gasteiger partial charge in [0.2, 0.25) is 5.91 Å². The molecule has 0 spiro atoms. The van der Waals surface area contributed by atoms with Crippen molar-refractivity contribution in [3.05, 3.63) is 24.3 Å². The lowest BCUT2D eigenvalue weighted by molar-refractivity contribution is -0.121. The van der Waals surface area contributed by atoms with E-state index >= 15 is 0 Å². The summed E-state index contributed by atoms with van der Waals surface area (Å²) in [6.45, 7) is 2.34. The highest BCUT2D eigenvalue weighted by atomic mass is 16.3. The van der Waals surface area contributed by atoms with Gasteiger partial charge in [0.05, 0.1) is 18.8 Å². The number of hydrogen-bond donors (Lipinski definition) is 4. The Kier molecular flexibility index (Phi) is 12.7. The smallest absolute Gasteiger partial charge is 0.220 e. The molecule has 28 heavy (non-hydrogen) atoms. The van der Waals surface area contributed by atoms with Gasteiger partial charge >= 0.3 is 0 Å². The highest BCUT2D eigenvalue weighted by molar-refractivity contribution is 5.86. The highest BCUT2D eigenvalue weighted by Crippen LogP contribution is 2.33. The molecule has 1 fully saturated rings. The molecule has 4 atom stereocenters. The van der Waals surface area contributed by atoms with Gasteiger partial charge in [-0.2, -0.15) is 0 Å². The lowest BCUT2D eigenvalue weighted by atomic mass is 9.90. The molecule has 2 unspecified atom stereocenters. The number of allylic oxidation sites excluding steroid dienone is 3. The zero-order valence-corrected chi connectivity index (χ0v) is 17.1. The van der Waals surface area contributed by atoms with Crippen LogP contribution in [0.15, 0.2) is 24.3 Å². The van der Waals surface area contributed by atoms with Crippen LogP contribution < -0.4 is 5.32 Å². The van der Waals surface area contributed by atoms with Gasteiger partial charge in [0.25, 0.3) is 0 Å². The molecule has 0 aliphatic heterocycles. The van der Waals surface area contributed by atoms with E-state index in [0.717, 1.165) is 25.7 Å². The molecule has 1 amide bonds. The Labute approximate surface area is 168 Å². The number of amides is 1. The quantitative estimate of drug-likeness (QED) is 0.267. The SMILES string of the molecule is CCCCCC(O)/C=C/[C@H]1C(=O)CC(O)[C@@H]1C/C=C\CCCC(=O)NCCO. The number of unbranched alkanes of at least 4 members (excludes halogenated alkanes) is 3. The molecule has 0 aromatic rings. The van der Waals surface area contributed by atoms with Gasteiger partial charge < -0.3 is 20.6 Å². The van der Waals surface area contributed by atoms with Gasteiger partial charge in [-0.05, 0) is 25.7 Å². The number of rotatable bonds is 14. The number of carbonyl (C=O) groups excluding carboxylic acids is 2. The van der Waals surface area contributed by atoms with Crippen molar-refractivity contribution < 1.29 is 24.9 Å². The van der Waals surface area contributed by atoms with E-state index in [0.29, 0.717) is 25.7 Å². The molecule has 1 aliphatic rings. The van der Waals surface area contributed by atoms with E-state index in [-0.39, 0.29) is 43.1 Å². The second-order valence-corrected chi connectivity index (χ2v) is 7.55. The van der Waals surface area contributed by atoms with Crippen LogP contribution in [-0.2, 0) is 9.59 Å². The molecule has 160 valence electrons. The number of hydrogen-bond acceptors (Lipinski definition) is 5. The molecule has 0 heterocycles. The second-order valence-electron chi connectivity index (χ2n) is 7.55. The van der Waals surface area contributed by atoms with E-state index in [4.69, 9.17) is 5.11 Å². The molecule has 0 aromatic carbocycles. The van der Waals surface area contributed by atoms with Crippen LogP contribution in [0.25, 0.3) is 0 Å². The van der Waals surface area contributed by atoms with Gasteiger partial charge in [0.1, 0.15) is 5.78 Å². The Balaban J connectivity index is 2.40. The second kappa shape index (κ2) is 14.5. The summed E-state index contributed by atoms with van der Waals surface area (Å²) in [7, 11) is 0. The molecule has 0 radical (unpaired) electrons. The first-order valence-corrected chi connectivity index (χ1v) is 10.6. The minimum atomic E-state index is -0.645. The average Bonchev–Trinajstić information content (AvgIpc) is 2.94. The molecular weight excluding hydrogens is 358 g/mol. The third-order valence-corrected chi connectivity index (χ3v) is 5.17. The predicted octanol–water partition coefficient (Wildman–Crippen LogP) is 2.28. The lowest BCUT2D eigenvalue weighted by Gasteiger charge is -2.17. The van der Waals surface area contributed by atoms with E-state index in [9.17, 15) is 19.8 Å². The van der Waals surface area contributed by atoms with E-state index < -0.39 is 12.2 Å². The molecule has 0 saturated heterocycles. The van der Waals surface area contributed by atoms with Crippen LogP contribution in [-0.4, -0.2) is 52.4 Å². The molecule has 6 heteroatoms. The van der Waals surface area contributed by atoms with Gasteiger partial charge in [-0.1, -0.05) is 50.5 Å². The van der Waals surface area contributed by atoms with Crippen LogP contribution >= 0.6 is 0 Å². The van der Waals surface area contributed by atoms with Crippen LogP contribution in [0.1, 0.15) is 64.7 Å². The maximum atomic E-state index is 12.2.